The third-order valence-corrected chi connectivity index (χ3v) is 6.35. The Morgan fingerprint density at radius 3 is 2.82 bits per heavy atom. The van der Waals surface area contributed by atoms with Gasteiger partial charge in [0.25, 0.3) is 0 Å². The summed E-state index contributed by atoms with van der Waals surface area (Å²) in [5.41, 5.74) is 0.791. The van der Waals surface area contributed by atoms with Gasteiger partial charge in [0.15, 0.2) is 0 Å². The van der Waals surface area contributed by atoms with Crippen LogP contribution in [0.15, 0.2) is 12.2 Å². The van der Waals surface area contributed by atoms with Gasteiger partial charge in [-0.05, 0) is 50.0 Å². The molecule has 0 amide bonds. The maximum absolute atomic E-state index is 12.2. The van der Waals surface area contributed by atoms with Crippen LogP contribution in [0.25, 0.3) is 0 Å². The zero-order valence-electron chi connectivity index (χ0n) is 10.7. The lowest BCUT2D eigenvalue weighted by atomic mass is 9.76. The molecule has 1 aliphatic heterocycles. The van der Waals surface area contributed by atoms with Crippen LogP contribution in [0.5, 0.6) is 0 Å². The van der Waals surface area contributed by atoms with Crippen molar-refractivity contribution in [1.29, 1.82) is 0 Å². The second kappa shape index (κ2) is 2.62. The topological polar surface area (TPSA) is 26.3 Å². The zero-order valence-corrected chi connectivity index (χ0v) is 10.7. The molecule has 3 saturated carbocycles. The quantitative estimate of drug-likeness (QED) is 0.474. The minimum atomic E-state index is -0.258. The van der Waals surface area contributed by atoms with E-state index >= 15 is 0 Å². The van der Waals surface area contributed by atoms with Crippen molar-refractivity contribution in [1.82, 2.24) is 0 Å². The summed E-state index contributed by atoms with van der Waals surface area (Å²) >= 11 is 0. The fourth-order valence-electron chi connectivity index (χ4n) is 5.37. The van der Waals surface area contributed by atoms with Crippen molar-refractivity contribution in [3.05, 3.63) is 12.2 Å². The third kappa shape index (κ3) is 0.840. The average molecular weight is 232 g/mol. The molecule has 4 fully saturated rings. The predicted molar refractivity (Wildman–Crippen MR) is 64.2 cm³/mol. The highest BCUT2D eigenvalue weighted by Gasteiger charge is 2.83. The Hall–Kier alpha value is -0.790. The molecule has 2 heteroatoms. The van der Waals surface area contributed by atoms with Gasteiger partial charge in [-0.1, -0.05) is 13.5 Å². The van der Waals surface area contributed by atoms with Gasteiger partial charge in [-0.2, -0.15) is 0 Å². The average Bonchev–Trinajstić information content (AvgIpc) is 2.71. The first-order valence-electron chi connectivity index (χ1n) is 6.94. The molecule has 6 unspecified atom stereocenters. The number of hydrogen-bond acceptors (Lipinski definition) is 2. The van der Waals surface area contributed by atoms with Gasteiger partial charge in [-0.25, -0.2) is 0 Å². The SMILES string of the molecule is C=C1CCC2C(C)CCC3C4C3(C)C(=O)OC124. The molecule has 1 saturated heterocycles. The molecule has 0 aromatic rings. The summed E-state index contributed by atoms with van der Waals surface area (Å²) < 4.78 is 5.93. The summed E-state index contributed by atoms with van der Waals surface area (Å²) in [4.78, 5) is 12.2. The van der Waals surface area contributed by atoms with E-state index in [1.54, 1.807) is 0 Å². The molecule has 6 atom stereocenters. The molecular weight excluding hydrogens is 212 g/mol. The van der Waals surface area contributed by atoms with E-state index in [0.29, 0.717) is 23.7 Å². The number of hydrogen-bond donors (Lipinski definition) is 0. The molecule has 0 radical (unpaired) electrons. The summed E-state index contributed by atoms with van der Waals surface area (Å²) in [5.74, 6) is 2.31. The molecule has 0 N–H and O–H groups in total. The first-order valence-corrected chi connectivity index (χ1v) is 6.94. The second-order valence-electron chi connectivity index (χ2n) is 6.85. The molecule has 2 nitrogen and oxygen atoms in total. The van der Waals surface area contributed by atoms with Crippen LogP contribution in [-0.2, 0) is 9.53 Å². The zero-order chi connectivity index (χ0) is 12.0. The minimum absolute atomic E-state index is 0.0645. The molecule has 0 bridgehead atoms. The highest BCUT2D eigenvalue weighted by atomic mass is 16.6. The Morgan fingerprint density at radius 2 is 2.06 bits per heavy atom. The van der Waals surface area contributed by atoms with Crippen molar-refractivity contribution in [3.63, 3.8) is 0 Å². The monoisotopic (exact) mass is 232 g/mol. The molecule has 4 aliphatic rings. The number of carbonyl (C=O) groups is 1. The van der Waals surface area contributed by atoms with Crippen molar-refractivity contribution in [2.24, 2.45) is 29.1 Å². The summed E-state index contributed by atoms with van der Waals surface area (Å²) in [7, 11) is 0. The minimum Gasteiger partial charge on any atom is -0.453 e. The van der Waals surface area contributed by atoms with Crippen LogP contribution in [0.4, 0.5) is 0 Å². The molecule has 3 aliphatic carbocycles. The number of esters is 1. The second-order valence-corrected chi connectivity index (χ2v) is 6.85. The Labute approximate surface area is 102 Å². The van der Waals surface area contributed by atoms with E-state index in [2.05, 4.69) is 20.4 Å². The Bertz CT molecular complexity index is 440. The van der Waals surface area contributed by atoms with Gasteiger partial charge >= 0.3 is 5.97 Å². The van der Waals surface area contributed by atoms with Crippen molar-refractivity contribution in [2.45, 2.75) is 45.1 Å². The first-order chi connectivity index (χ1) is 8.03. The highest BCUT2D eigenvalue weighted by Crippen LogP contribution is 2.77. The molecule has 0 aromatic heterocycles. The van der Waals surface area contributed by atoms with Crippen LogP contribution in [0, 0.1) is 29.1 Å². The van der Waals surface area contributed by atoms with Crippen molar-refractivity contribution >= 4 is 5.97 Å². The number of ether oxygens (including phenoxy) is 1. The molecule has 1 heterocycles. The smallest absolute Gasteiger partial charge is 0.313 e. The van der Waals surface area contributed by atoms with Gasteiger partial charge < -0.3 is 4.74 Å². The summed E-state index contributed by atoms with van der Waals surface area (Å²) in [6.45, 7) is 8.71. The normalized spacial score (nSPS) is 59.4. The van der Waals surface area contributed by atoms with Crippen LogP contribution in [-0.4, -0.2) is 11.6 Å². The molecule has 4 rings (SSSR count). The van der Waals surface area contributed by atoms with E-state index in [0.717, 1.165) is 6.42 Å². The Balaban J connectivity index is 1.90. The molecule has 0 aromatic carbocycles. The Morgan fingerprint density at radius 1 is 1.29 bits per heavy atom. The predicted octanol–water partition coefficient (Wildman–Crippen LogP) is 2.93. The van der Waals surface area contributed by atoms with Crippen molar-refractivity contribution in [3.8, 4) is 0 Å². The van der Waals surface area contributed by atoms with Crippen LogP contribution in [0.1, 0.15) is 39.5 Å². The van der Waals surface area contributed by atoms with Gasteiger partial charge in [0.2, 0.25) is 0 Å². The fourth-order valence-corrected chi connectivity index (χ4v) is 5.37. The molecule has 1 spiro atoms. The number of fused-ring (bicyclic) bond motifs is 1. The maximum atomic E-state index is 12.2. The van der Waals surface area contributed by atoms with E-state index in [9.17, 15) is 4.79 Å². The Kier molecular flexibility index (Phi) is 1.57. The van der Waals surface area contributed by atoms with E-state index < -0.39 is 0 Å². The van der Waals surface area contributed by atoms with Crippen LogP contribution < -0.4 is 0 Å². The number of carbonyl (C=O) groups excluding carboxylic acids is 1. The van der Waals surface area contributed by atoms with Crippen LogP contribution >= 0.6 is 0 Å². The molecule has 92 valence electrons. The standard InChI is InChI=1S/C15H20O2/c1-8-4-6-11-12-14(11,3)13(16)17-15(12)9(2)5-7-10(8)15/h8,10-12H,2,4-7H2,1,3H3. The van der Waals surface area contributed by atoms with Crippen LogP contribution in [0.3, 0.4) is 0 Å². The summed E-state index contributed by atoms with van der Waals surface area (Å²) in [5, 5.41) is 0. The van der Waals surface area contributed by atoms with Crippen LogP contribution in [0.2, 0.25) is 0 Å². The molecule has 17 heavy (non-hydrogen) atoms. The first kappa shape index (κ1) is 10.2. The number of rotatable bonds is 0. The third-order valence-electron chi connectivity index (χ3n) is 6.35. The lowest BCUT2D eigenvalue weighted by Crippen LogP contribution is -2.41. The molecular formula is C15H20O2. The lowest BCUT2D eigenvalue weighted by Gasteiger charge is -2.35. The van der Waals surface area contributed by atoms with Crippen molar-refractivity contribution in [2.75, 3.05) is 0 Å². The maximum Gasteiger partial charge on any atom is 0.313 e. The van der Waals surface area contributed by atoms with E-state index in [1.165, 1.54) is 24.8 Å². The summed E-state index contributed by atoms with van der Waals surface area (Å²) in [6.07, 6.45) is 4.70. The lowest BCUT2D eigenvalue weighted by molar-refractivity contribution is -0.157. The van der Waals surface area contributed by atoms with Gasteiger partial charge in [0, 0.05) is 11.8 Å². The highest BCUT2D eigenvalue weighted by molar-refractivity contribution is 5.86. The fraction of sp³-hybridized carbons (Fsp3) is 0.800. The van der Waals surface area contributed by atoms with Crippen molar-refractivity contribution < 1.29 is 9.53 Å². The van der Waals surface area contributed by atoms with E-state index in [4.69, 9.17) is 4.74 Å². The van der Waals surface area contributed by atoms with E-state index in [-0.39, 0.29) is 17.0 Å². The van der Waals surface area contributed by atoms with Gasteiger partial charge in [0.1, 0.15) is 5.60 Å². The summed E-state index contributed by atoms with van der Waals surface area (Å²) in [6, 6.07) is 0. The van der Waals surface area contributed by atoms with Gasteiger partial charge in [0.05, 0.1) is 5.41 Å². The largest absolute Gasteiger partial charge is 0.453 e. The van der Waals surface area contributed by atoms with Gasteiger partial charge in [-0.3, -0.25) is 4.79 Å². The van der Waals surface area contributed by atoms with Gasteiger partial charge in [-0.15, -0.1) is 0 Å². The van der Waals surface area contributed by atoms with E-state index in [1.807, 2.05) is 0 Å².